The van der Waals surface area contributed by atoms with Crippen molar-refractivity contribution in [2.24, 2.45) is 0 Å². The molecular formula is C15H18BrN3O. The number of benzene rings is 1. The van der Waals surface area contributed by atoms with E-state index in [1.54, 1.807) is 6.20 Å². The van der Waals surface area contributed by atoms with Crippen molar-refractivity contribution < 1.29 is 4.79 Å². The van der Waals surface area contributed by atoms with E-state index in [1.807, 2.05) is 42.1 Å². The molecule has 1 atom stereocenters. The molecule has 2 rings (SSSR count). The lowest BCUT2D eigenvalue weighted by Gasteiger charge is -2.11. The maximum atomic E-state index is 12.0. The van der Waals surface area contributed by atoms with Gasteiger partial charge in [-0.05, 0) is 47.0 Å². The number of halogens is 1. The Morgan fingerprint density at radius 2 is 2.10 bits per heavy atom. The van der Waals surface area contributed by atoms with Crippen molar-refractivity contribution >= 4 is 21.8 Å². The summed E-state index contributed by atoms with van der Waals surface area (Å²) in [5.74, 6) is -0.0206. The molecule has 1 heterocycles. The molecule has 0 saturated heterocycles. The maximum Gasteiger partial charge on any atom is 0.251 e. The van der Waals surface area contributed by atoms with Gasteiger partial charge < -0.3 is 5.32 Å². The van der Waals surface area contributed by atoms with Gasteiger partial charge in [0.05, 0.1) is 17.2 Å². The molecule has 0 saturated carbocycles. The third-order valence-electron chi connectivity index (χ3n) is 3.15. The van der Waals surface area contributed by atoms with E-state index in [4.69, 9.17) is 0 Å². The zero-order chi connectivity index (χ0) is 14.5. The number of aromatic nitrogens is 2. The molecule has 5 heteroatoms. The smallest absolute Gasteiger partial charge is 0.251 e. The predicted octanol–water partition coefficient (Wildman–Crippen LogP) is 3.22. The Morgan fingerprint density at radius 3 is 2.65 bits per heavy atom. The lowest BCUT2D eigenvalue weighted by Crippen LogP contribution is -2.31. The summed E-state index contributed by atoms with van der Waals surface area (Å²) in [4.78, 5) is 12.0. The molecule has 0 aliphatic carbocycles. The topological polar surface area (TPSA) is 46.9 Å². The monoisotopic (exact) mass is 335 g/mol. The second kappa shape index (κ2) is 6.70. The zero-order valence-corrected chi connectivity index (χ0v) is 13.2. The first-order chi connectivity index (χ1) is 9.58. The minimum atomic E-state index is -0.0206. The van der Waals surface area contributed by atoms with Crippen LogP contribution in [0.1, 0.15) is 36.2 Å². The Labute approximate surface area is 127 Å². The number of rotatable bonds is 5. The molecule has 0 bridgehead atoms. The predicted molar refractivity (Wildman–Crippen MR) is 82.7 cm³/mol. The summed E-state index contributed by atoms with van der Waals surface area (Å²) in [6.07, 6.45) is 4.61. The van der Waals surface area contributed by atoms with Crippen molar-refractivity contribution in [1.82, 2.24) is 15.1 Å². The molecule has 20 heavy (non-hydrogen) atoms. The number of hydrogen-bond donors (Lipinski definition) is 1. The van der Waals surface area contributed by atoms with E-state index in [0.29, 0.717) is 12.1 Å². The Morgan fingerprint density at radius 1 is 1.40 bits per heavy atom. The molecule has 0 spiro atoms. The summed E-state index contributed by atoms with van der Waals surface area (Å²) in [5.41, 5.74) is 1.80. The van der Waals surface area contributed by atoms with Gasteiger partial charge in [0, 0.05) is 17.8 Å². The lowest BCUT2D eigenvalue weighted by molar-refractivity contribution is 0.0939. The molecule has 1 amide bonds. The normalized spacial score (nSPS) is 12.2. The molecular weight excluding hydrogens is 318 g/mol. The van der Waals surface area contributed by atoms with Crippen LogP contribution in [-0.4, -0.2) is 21.7 Å². The van der Waals surface area contributed by atoms with E-state index in [9.17, 15) is 4.79 Å². The highest BCUT2D eigenvalue weighted by atomic mass is 79.9. The van der Waals surface area contributed by atoms with Crippen LogP contribution in [0.25, 0.3) is 0 Å². The third kappa shape index (κ3) is 3.93. The van der Waals surface area contributed by atoms with Crippen molar-refractivity contribution in [3.63, 3.8) is 0 Å². The van der Waals surface area contributed by atoms with Crippen LogP contribution in [0.15, 0.2) is 41.1 Å². The summed E-state index contributed by atoms with van der Waals surface area (Å²) < 4.78 is 2.81. The largest absolute Gasteiger partial charge is 0.350 e. The average Bonchev–Trinajstić information content (AvgIpc) is 2.84. The molecule has 0 radical (unpaired) electrons. The fraction of sp³-hybridized carbons (Fsp3) is 0.333. The van der Waals surface area contributed by atoms with E-state index >= 15 is 0 Å². The Hall–Kier alpha value is -1.62. The summed E-state index contributed by atoms with van der Waals surface area (Å²) in [6, 6.07) is 7.82. The standard InChI is InChI=1S/C15H18BrN3O/c1-3-11(2)18-15(20)13-6-4-12(5-7-13)9-19-10-14(16)8-17-19/h4-8,10-11H,3,9H2,1-2H3,(H,18,20)/t11-/m0/s1. The van der Waals surface area contributed by atoms with Gasteiger partial charge in [-0.2, -0.15) is 5.10 Å². The van der Waals surface area contributed by atoms with Crippen LogP contribution >= 0.6 is 15.9 Å². The molecule has 2 aromatic rings. The van der Waals surface area contributed by atoms with Crippen LogP contribution in [0, 0.1) is 0 Å². The van der Waals surface area contributed by atoms with Gasteiger partial charge in [0.2, 0.25) is 0 Å². The highest BCUT2D eigenvalue weighted by Crippen LogP contribution is 2.10. The molecule has 106 valence electrons. The first kappa shape index (κ1) is 14.8. The summed E-state index contributed by atoms with van der Waals surface area (Å²) in [5, 5.41) is 7.17. The number of nitrogens with zero attached hydrogens (tertiary/aromatic N) is 2. The van der Waals surface area contributed by atoms with Crippen molar-refractivity contribution in [3.8, 4) is 0 Å². The zero-order valence-electron chi connectivity index (χ0n) is 11.6. The van der Waals surface area contributed by atoms with Gasteiger partial charge in [-0.15, -0.1) is 0 Å². The van der Waals surface area contributed by atoms with Crippen molar-refractivity contribution in [1.29, 1.82) is 0 Å². The molecule has 1 N–H and O–H groups in total. The van der Waals surface area contributed by atoms with Crippen LogP contribution in [-0.2, 0) is 6.54 Å². The van der Waals surface area contributed by atoms with E-state index in [-0.39, 0.29) is 11.9 Å². The van der Waals surface area contributed by atoms with Crippen LogP contribution < -0.4 is 5.32 Å². The number of carbonyl (C=O) groups excluding carboxylic acids is 1. The van der Waals surface area contributed by atoms with Crippen molar-refractivity contribution in [2.45, 2.75) is 32.9 Å². The molecule has 1 aromatic heterocycles. The fourth-order valence-electron chi connectivity index (χ4n) is 1.78. The van der Waals surface area contributed by atoms with Crippen LogP contribution in [0.5, 0.6) is 0 Å². The van der Waals surface area contributed by atoms with Gasteiger partial charge in [-0.25, -0.2) is 0 Å². The van der Waals surface area contributed by atoms with Crippen molar-refractivity contribution in [2.75, 3.05) is 0 Å². The van der Waals surface area contributed by atoms with Gasteiger partial charge in [0.25, 0.3) is 5.91 Å². The Balaban J connectivity index is 2.00. The Bertz CT molecular complexity index is 577. The van der Waals surface area contributed by atoms with E-state index < -0.39 is 0 Å². The van der Waals surface area contributed by atoms with Gasteiger partial charge >= 0.3 is 0 Å². The summed E-state index contributed by atoms with van der Waals surface area (Å²) >= 11 is 3.37. The quantitative estimate of drug-likeness (QED) is 0.911. The number of hydrogen-bond acceptors (Lipinski definition) is 2. The highest BCUT2D eigenvalue weighted by Gasteiger charge is 2.08. The minimum Gasteiger partial charge on any atom is -0.350 e. The van der Waals surface area contributed by atoms with E-state index in [2.05, 4.69) is 33.3 Å². The summed E-state index contributed by atoms with van der Waals surface area (Å²) in [7, 11) is 0. The first-order valence-electron chi connectivity index (χ1n) is 6.66. The number of amides is 1. The number of carbonyl (C=O) groups is 1. The Kier molecular flexibility index (Phi) is 4.95. The van der Waals surface area contributed by atoms with Gasteiger partial charge in [-0.3, -0.25) is 9.48 Å². The molecule has 0 fully saturated rings. The third-order valence-corrected chi connectivity index (χ3v) is 3.56. The molecule has 4 nitrogen and oxygen atoms in total. The fourth-order valence-corrected chi connectivity index (χ4v) is 2.11. The SMILES string of the molecule is CC[C@H](C)NC(=O)c1ccc(Cn2cc(Br)cn2)cc1. The number of nitrogens with one attached hydrogen (secondary N) is 1. The second-order valence-electron chi connectivity index (χ2n) is 4.84. The molecule has 0 unspecified atom stereocenters. The molecule has 0 aliphatic rings. The van der Waals surface area contributed by atoms with Gasteiger partial charge in [0.15, 0.2) is 0 Å². The summed E-state index contributed by atoms with van der Waals surface area (Å²) in [6.45, 7) is 4.75. The average molecular weight is 336 g/mol. The van der Waals surface area contributed by atoms with Gasteiger partial charge in [-0.1, -0.05) is 19.1 Å². The van der Waals surface area contributed by atoms with E-state index in [0.717, 1.165) is 16.5 Å². The van der Waals surface area contributed by atoms with Crippen LogP contribution in [0.4, 0.5) is 0 Å². The van der Waals surface area contributed by atoms with Crippen LogP contribution in [0.2, 0.25) is 0 Å². The van der Waals surface area contributed by atoms with E-state index in [1.165, 1.54) is 0 Å². The highest BCUT2D eigenvalue weighted by molar-refractivity contribution is 9.10. The lowest BCUT2D eigenvalue weighted by atomic mass is 10.1. The van der Waals surface area contributed by atoms with Gasteiger partial charge in [0.1, 0.15) is 0 Å². The van der Waals surface area contributed by atoms with Crippen LogP contribution in [0.3, 0.4) is 0 Å². The van der Waals surface area contributed by atoms with Crippen molar-refractivity contribution in [3.05, 3.63) is 52.3 Å². The first-order valence-corrected chi connectivity index (χ1v) is 7.45. The maximum absolute atomic E-state index is 12.0. The molecule has 1 aromatic carbocycles. The minimum absolute atomic E-state index is 0.0206. The second-order valence-corrected chi connectivity index (χ2v) is 5.75. The molecule has 0 aliphatic heterocycles.